The van der Waals surface area contributed by atoms with Gasteiger partial charge in [-0.3, -0.25) is 0 Å². The summed E-state index contributed by atoms with van der Waals surface area (Å²) < 4.78 is 5.83. The molecule has 1 aliphatic rings. The molecule has 15 heavy (non-hydrogen) atoms. The van der Waals surface area contributed by atoms with E-state index in [1.54, 1.807) is 0 Å². The molecule has 0 unspecified atom stereocenters. The molecule has 0 saturated heterocycles. The number of carbonyl (C=O) groups excluding carboxylic acids is 1. The minimum atomic E-state index is -0.222. The normalized spacial score (nSPS) is 14.1. The Kier molecular flexibility index (Phi) is 2.91. The first-order chi connectivity index (χ1) is 7.22. The van der Waals surface area contributed by atoms with Crippen molar-refractivity contribution in [1.29, 1.82) is 0 Å². The Morgan fingerprint density at radius 3 is 2.93 bits per heavy atom. The van der Waals surface area contributed by atoms with Crippen LogP contribution in [0.15, 0.2) is 28.2 Å². The minimum Gasteiger partial charge on any atom is -0.466 e. The summed E-state index contributed by atoms with van der Waals surface area (Å²) in [5.41, 5.74) is 3.13. The van der Waals surface area contributed by atoms with Gasteiger partial charge in [0.1, 0.15) is 0 Å². The fourth-order valence-corrected chi connectivity index (χ4v) is 2.37. The number of ether oxygens (including phenoxy) is 1. The summed E-state index contributed by atoms with van der Waals surface area (Å²) >= 11 is 3.51. The quantitative estimate of drug-likeness (QED) is 0.731. The van der Waals surface area contributed by atoms with Gasteiger partial charge in [0.05, 0.1) is 7.11 Å². The maximum atomic E-state index is 11.4. The van der Waals surface area contributed by atoms with Crippen molar-refractivity contribution in [2.24, 2.45) is 0 Å². The van der Waals surface area contributed by atoms with E-state index in [0.29, 0.717) is 0 Å². The van der Waals surface area contributed by atoms with Crippen LogP contribution in [0.4, 0.5) is 0 Å². The van der Waals surface area contributed by atoms with Gasteiger partial charge < -0.3 is 4.74 Å². The molecule has 0 spiro atoms. The van der Waals surface area contributed by atoms with E-state index in [2.05, 4.69) is 15.9 Å². The summed E-state index contributed by atoms with van der Waals surface area (Å²) in [5.74, 6) is -0.222. The minimum absolute atomic E-state index is 0.222. The van der Waals surface area contributed by atoms with Gasteiger partial charge in [-0.15, -0.1) is 0 Å². The van der Waals surface area contributed by atoms with Gasteiger partial charge in [0.25, 0.3) is 0 Å². The van der Waals surface area contributed by atoms with Gasteiger partial charge in [0.2, 0.25) is 0 Å². The lowest BCUT2D eigenvalue weighted by atomic mass is 9.92. The first-order valence-corrected chi connectivity index (χ1v) is 5.58. The highest BCUT2D eigenvalue weighted by atomic mass is 79.9. The maximum Gasteiger partial charge on any atom is 0.333 e. The lowest BCUT2D eigenvalue weighted by Gasteiger charge is -2.16. The van der Waals surface area contributed by atoms with Gasteiger partial charge in [0.15, 0.2) is 0 Å². The van der Waals surface area contributed by atoms with Crippen LogP contribution in [-0.4, -0.2) is 13.1 Å². The Bertz CT molecular complexity index is 435. The Morgan fingerprint density at radius 2 is 2.20 bits per heavy atom. The van der Waals surface area contributed by atoms with Crippen molar-refractivity contribution >= 4 is 28.0 Å². The molecule has 0 saturated carbocycles. The molecule has 0 bridgehead atoms. The summed E-state index contributed by atoms with van der Waals surface area (Å²) in [6, 6.07) is 6.01. The van der Waals surface area contributed by atoms with Gasteiger partial charge in [-0.05, 0) is 36.1 Å². The monoisotopic (exact) mass is 266 g/mol. The lowest BCUT2D eigenvalue weighted by molar-refractivity contribution is -0.136. The lowest BCUT2D eigenvalue weighted by Crippen LogP contribution is -2.10. The van der Waals surface area contributed by atoms with E-state index >= 15 is 0 Å². The third kappa shape index (κ3) is 1.97. The predicted octanol–water partition coefficient (Wildman–Crippen LogP) is 2.95. The number of halogens is 1. The molecular formula is C12H11BrO2. The number of esters is 1. The molecule has 0 aromatic heterocycles. The zero-order valence-corrected chi connectivity index (χ0v) is 10.0. The molecule has 3 heteroatoms. The molecule has 0 fully saturated rings. The SMILES string of the molecule is COC(=O)C1=Cc2cccc(Br)c2CC1. The van der Waals surface area contributed by atoms with Crippen molar-refractivity contribution in [3.8, 4) is 0 Å². The summed E-state index contributed by atoms with van der Waals surface area (Å²) in [6.45, 7) is 0. The molecule has 1 aliphatic carbocycles. The van der Waals surface area contributed by atoms with E-state index in [1.807, 2.05) is 24.3 Å². The highest BCUT2D eigenvalue weighted by Crippen LogP contribution is 2.29. The average Bonchev–Trinajstić information content (AvgIpc) is 2.28. The van der Waals surface area contributed by atoms with Crippen LogP contribution in [0.25, 0.3) is 6.08 Å². The summed E-state index contributed by atoms with van der Waals surface area (Å²) in [5, 5.41) is 0. The molecule has 0 N–H and O–H groups in total. The third-order valence-corrected chi connectivity index (χ3v) is 3.32. The molecule has 1 aromatic carbocycles. The van der Waals surface area contributed by atoms with Gasteiger partial charge in [-0.2, -0.15) is 0 Å². The Morgan fingerprint density at radius 1 is 1.40 bits per heavy atom. The molecule has 0 amide bonds. The van der Waals surface area contributed by atoms with Crippen molar-refractivity contribution in [3.63, 3.8) is 0 Å². The molecular weight excluding hydrogens is 256 g/mol. The van der Waals surface area contributed by atoms with Crippen LogP contribution in [0.5, 0.6) is 0 Å². The summed E-state index contributed by atoms with van der Waals surface area (Å²) in [6.07, 6.45) is 3.55. The maximum absolute atomic E-state index is 11.4. The molecule has 1 aromatic rings. The second kappa shape index (κ2) is 4.19. The van der Waals surface area contributed by atoms with Gasteiger partial charge in [0, 0.05) is 10.0 Å². The number of benzene rings is 1. The van der Waals surface area contributed by atoms with Crippen molar-refractivity contribution in [3.05, 3.63) is 39.4 Å². The highest BCUT2D eigenvalue weighted by Gasteiger charge is 2.17. The van der Waals surface area contributed by atoms with Gasteiger partial charge >= 0.3 is 5.97 Å². The molecule has 78 valence electrons. The van der Waals surface area contributed by atoms with Crippen LogP contribution in [0.1, 0.15) is 17.5 Å². The first kappa shape index (κ1) is 10.4. The van der Waals surface area contributed by atoms with Crippen molar-refractivity contribution < 1.29 is 9.53 Å². The number of hydrogen-bond donors (Lipinski definition) is 0. The van der Waals surface area contributed by atoms with E-state index in [0.717, 1.165) is 28.5 Å². The van der Waals surface area contributed by atoms with Crippen molar-refractivity contribution in [2.45, 2.75) is 12.8 Å². The molecule has 0 atom stereocenters. The van der Waals surface area contributed by atoms with E-state index < -0.39 is 0 Å². The first-order valence-electron chi connectivity index (χ1n) is 4.78. The third-order valence-electron chi connectivity index (χ3n) is 2.58. The van der Waals surface area contributed by atoms with E-state index in [9.17, 15) is 4.79 Å². The zero-order chi connectivity index (χ0) is 10.8. The highest BCUT2D eigenvalue weighted by molar-refractivity contribution is 9.10. The molecule has 0 radical (unpaired) electrons. The molecule has 0 heterocycles. The van der Waals surface area contributed by atoms with Crippen LogP contribution >= 0.6 is 15.9 Å². The van der Waals surface area contributed by atoms with E-state index in [4.69, 9.17) is 4.74 Å². The summed E-state index contributed by atoms with van der Waals surface area (Å²) in [4.78, 5) is 11.4. The number of hydrogen-bond acceptors (Lipinski definition) is 2. The van der Waals surface area contributed by atoms with Crippen LogP contribution < -0.4 is 0 Å². The van der Waals surface area contributed by atoms with Crippen LogP contribution in [0.3, 0.4) is 0 Å². The molecule has 2 rings (SSSR count). The number of rotatable bonds is 1. The fraction of sp³-hybridized carbons (Fsp3) is 0.250. The second-order valence-corrected chi connectivity index (χ2v) is 4.32. The number of fused-ring (bicyclic) bond motifs is 1. The molecule has 2 nitrogen and oxygen atoms in total. The van der Waals surface area contributed by atoms with E-state index in [-0.39, 0.29) is 5.97 Å². The predicted molar refractivity (Wildman–Crippen MR) is 62.5 cm³/mol. The molecule has 0 aliphatic heterocycles. The Balaban J connectivity index is 2.42. The fourth-order valence-electron chi connectivity index (χ4n) is 1.79. The van der Waals surface area contributed by atoms with Crippen molar-refractivity contribution in [1.82, 2.24) is 0 Å². The Hall–Kier alpha value is -1.09. The average molecular weight is 267 g/mol. The Labute approximate surface area is 97.1 Å². The zero-order valence-electron chi connectivity index (χ0n) is 8.42. The van der Waals surface area contributed by atoms with Crippen LogP contribution in [-0.2, 0) is 16.0 Å². The number of methoxy groups -OCH3 is 1. The second-order valence-electron chi connectivity index (χ2n) is 3.47. The van der Waals surface area contributed by atoms with Crippen molar-refractivity contribution in [2.75, 3.05) is 7.11 Å². The van der Waals surface area contributed by atoms with E-state index in [1.165, 1.54) is 12.7 Å². The smallest absolute Gasteiger partial charge is 0.333 e. The topological polar surface area (TPSA) is 26.3 Å². The largest absolute Gasteiger partial charge is 0.466 e. The van der Waals surface area contributed by atoms with Gasteiger partial charge in [-0.1, -0.05) is 28.1 Å². The van der Waals surface area contributed by atoms with Crippen LogP contribution in [0, 0.1) is 0 Å². The van der Waals surface area contributed by atoms with Crippen LogP contribution in [0.2, 0.25) is 0 Å². The standard InChI is InChI=1S/C12H11BrO2/c1-15-12(14)9-5-6-10-8(7-9)3-2-4-11(10)13/h2-4,7H,5-6H2,1H3. The van der Waals surface area contributed by atoms with Gasteiger partial charge in [-0.25, -0.2) is 4.79 Å². The summed E-state index contributed by atoms with van der Waals surface area (Å²) in [7, 11) is 1.42. The number of carbonyl (C=O) groups is 1.